The predicted molar refractivity (Wildman–Crippen MR) is 31.5 cm³/mol. The van der Waals surface area contributed by atoms with Crippen LogP contribution in [0.3, 0.4) is 0 Å². The molecule has 0 saturated heterocycles. The average molecular weight is 252 g/mol. The van der Waals surface area contributed by atoms with Crippen LogP contribution in [0.15, 0.2) is 12.2 Å². The summed E-state index contributed by atoms with van der Waals surface area (Å²) in [5.41, 5.74) is 0. The summed E-state index contributed by atoms with van der Waals surface area (Å²) in [5.74, 6) is -0.200. The van der Waals surface area contributed by atoms with Gasteiger partial charge in [0.15, 0.2) is 0 Å². The number of alkyl halides is 1. The van der Waals surface area contributed by atoms with Gasteiger partial charge in [0.1, 0.15) is 0 Å². The van der Waals surface area contributed by atoms with Crippen LogP contribution in [0.25, 0.3) is 0 Å². The molecule has 0 fully saturated rings. The summed E-state index contributed by atoms with van der Waals surface area (Å²) in [6.45, 7) is 0. The van der Waals surface area contributed by atoms with Crippen molar-refractivity contribution in [3.63, 3.8) is 0 Å². The molecule has 1 heterocycles. The van der Waals surface area contributed by atoms with Crippen LogP contribution < -0.4 is 21.5 Å². The molecule has 0 saturated carbocycles. The minimum atomic E-state index is -0.411. The Morgan fingerprint density at radius 3 is 2.70 bits per heavy atom. The Bertz CT molecular complexity index is 200. The van der Waals surface area contributed by atoms with E-state index < -0.39 is 21.5 Å². The zero-order valence-electron chi connectivity index (χ0n) is 5.50. The number of amides is 2. The monoisotopic (exact) mass is 252 g/mol. The molecule has 0 N–H and O–H groups in total. The second-order valence-electron chi connectivity index (χ2n) is 1.79. The molecule has 1 rings (SSSR count). The molecule has 0 spiro atoms. The summed E-state index contributed by atoms with van der Waals surface area (Å²) in [5, 5.41) is 0. The van der Waals surface area contributed by atoms with E-state index in [1.54, 1.807) is 6.08 Å². The van der Waals surface area contributed by atoms with Crippen molar-refractivity contribution in [2.24, 2.45) is 0 Å². The first-order chi connectivity index (χ1) is 4.75. The van der Waals surface area contributed by atoms with Crippen molar-refractivity contribution in [3.05, 3.63) is 12.2 Å². The van der Waals surface area contributed by atoms with Crippen LogP contribution in [-0.4, -0.2) is 19.9 Å². The number of carbonyl (C=O) groups excluding carboxylic acids is 2. The van der Waals surface area contributed by atoms with E-state index in [-0.39, 0.29) is 11.8 Å². The molecule has 0 aliphatic carbocycles. The summed E-state index contributed by atoms with van der Waals surface area (Å²) < 4.78 is 1.35. The van der Waals surface area contributed by atoms with Gasteiger partial charge in [-0.2, -0.15) is 0 Å². The van der Waals surface area contributed by atoms with Crippen LogP contribution in [0.1, 0.15) is 6.42 Å². The number of hydrogen-bond acceptors (Lipinski definition) is 2. The van der Waals surface area contributed by atoms with Crippen molar-refractivity contribution >= 4 is 11.8 Å². The standard InChI is InChI=1S/C6H7INO2/c1-7-8-5(9)3-2-4-6(8)10/h2-3H,4H2,1H3/q-1. The van der Waals surface area contributed by atoms with Gasteiger partial charge in [0, 0.05) is 0 Å². The van der Waals surface area contributed by atoms with Gasteiger partial charge in [-0.3, -0.25) is 0 Å². The topological polar surface area (TPSA) is 37.4 Å². The molecule has 1 aliphatic rings. The first-order valence-electron chi connectivity index (χ1n) is 2.79. The summed E-state index contributed by atoms with van der Waals surface area (Å²) in [6.07, 6.45) is 3.46. The third-order valence-corrected chi connectivity index (χ3v) is 3.11. The maximum absolute atomic E-state index is 10.9. The molecule has 0 aromatic rings. The van der Waals surface area contributed by atoms with Crippen molar-refractivity contribution in [1.29, 1.82) is 0 Å². The van der Waals surface area contributed by atoms with E-state index in [9.17, 15) is 9.59 Å². The summed E-state index contributed by atoms with van der Waals surface area (Å²) >= 11 is -0.411. The molecule has 2 amide bonds. The quantitative estimate of drug-likeness (QED) is 0.215. The number of carbonyl (C=O) groups is 2. The summed E-state index contributed by atoms with van der Waals surface area (Å²) in [6, 6.07) is 0. The molecule has 56 valence electrons. The Kier molecular flexibility index (Phi) is 2.42. The number of hydrogen-bond donors (Lipinski definition) is 0. The van der Waals surface area contributed by atoms with Gasteiger partial charge >= 0.3 is 69.5 Å². The fraction of sp³-hybridized carbons (Fsp3) is 0.333. The Morgan fingerprint density at radius 2 is 2.30 bits per heavy atom. The Balaban J connectivity index is 2.77. The fourth-order valence-corrected chi connectivity index (χ4v) is 2.08. The molecule has 0 aromatic heterocycles. The zero-order valence-corrected chi connectivity index (χ0v) is 7.66. The van der Waals surface area contributed by atoms with Crippen molar-refractivity contribution in [1.82, 2.24) is 3.11 Å². The van der Waals surface area contributed by atoms with Crippen molar-refractivity contribution in [2.45, 2.75) is 6.42 Å². The van der Waals surface area contributed by atoms with Crippen molar-refractivity contribution in [3.8, 4) is 0 Å². The zero-order chi connectivity index (χ0) is 7.56. The van der Waals surface area contributed by atoms with Gasteiger partial charge in [-0.1, -0.05) is 0 Å². The van der Waals surface area contributed by atoms with E-state index in [1.807, 2.05) is 4.93 Å². The number of imide groups is 1. The Labute approximate surface area is 69.7 Å². The van der Waals surface area contributed by atoms with Gasteiger partial charge in [0.05, 0.1) is 0 Å². The van der Waals surface area contributed by atoms with Gasteiger partial charge in [-0.25, -0.2) is 0 Å². The van der Waals surface area contributed by atoms with E-state index in [4.69, 9.17) is 0 Å². The van der Waals surface area contributed by atoms with Crippen molar-refractivity contribution in [2.75, 3.05) is 4.93 Å². The molecule has 3 nitrogen and oxygen atoms in total. The number of rotatable bonds is 1. The molecular formula is C6H7INO2-. The maximum atomic E-state index is 10.9. The van der Waals surface area contributed by atoms with Gasteiger partial charge in [0.2, 0.25) is 0 Å². The Hall–Kier alpha value is -0.390. The molecule has 4 heteroatoms. The third-order valence-electron chi connectivity index (χ3n) is 1.13. The Morgan fingerprint density at radius 1 is 1.60 bits per heavy atom. The van der Waals surface area contributed by atoms with Gasteiger partial charge in [-0.05, 0) is 0 Å². The first kappa shape index (κ1) is 7.71. The van der Waals surface area contributed by atoms with Crippen LogP contribution in [0.4, 0.5) is 0 Å². The van der Waals surface area contributed by atoms with Crippen LogP contribution >= 0.6 is 0 Å². The van der Waals surface area contributed by atoms with Gasteiger partial charge in [-0.15, -0.1) is 0 Å². The van der Waals surface area contributed by atoms with Crippen LogP contribution in [-0.2, 0) is 9.59 Å². The molecule has 0 bridgehead atoms. The normalized spacial score (nSPS) is 18.7. The molecule has 0 atom stereocenters. The number of halogens is 1. The first-order valence-corrected chi connectivity index (χ1v) is 5.91. The molecule has 1 aliphatic heterocycles. The van der Waals surface area contributed by atoms with E-state index in [0.29, 0.717) is 6.42 Å². The molecular weight excluding hydrogens is 245 g/mol. The third kappa shape index (κ3) is 1.36. The van der Waals surface area contributed by atoms with E-state index in [2.05, 4.69) is 0 Å². The predicted octanol–water partition coefficient (Wildman–Crippen LogP) is -3.06. The van der Waals surface area contributed by atoms with E-state index in [1.165, 1.54) is 9.19 Å². The molecule has 10 heavy (non-hydrogen) atoms. The SMILES string of the molecule is C[I-]N1C(=O)C=CCC1=O. The van der Waals surface area contributed by atoms with E-state index >= 15 is 0 Å². The molecule has 0 radical (unpaired) electrons. The second-order valence-corrected chi connectivity index (χ2v) is 3.72. The van der Waals surface area contributed by atoms with Crippen LogP contribution in [0.2, 0.25) is 0 Å². The van der Waals surface area contributed by atoms with E-state index in [0.717, 1.165) is 0 Å². The van der Waals surface area contributed by atoms with Gasteiger partial charge in [0.25, 0.3) is 0 Å². The minimum absolute atomic E-state index is 0.0530. The summed E-state index contributed by atoms with van der Waals surface area (Å²) in [4.78, 5) is 23.7. The van der Waals surface area contributed by atoms with Gasteiger partial charge < -0.3 is 0 Å². The van der Waals surface area contributed by atoms with Crippen LogP contribution in [0.5, 0.6) is 0 Å². The fourth-order valence-electron chi connectivity index (χ4n) is 0.707. The van der Waals surface area contributed by atoms with Crippen LogP contribution in [0, 0.1) is 0 Å². The van der Waals surface area contributed by atoms with Crippen molar-refractivity contribution < 1.29 is 31.1 Å². The second kappa shape index (κ2) is 3.14. The number of nitrogens with zero attached hydrogens (tertiary/aromatic N) is 1. The average Bonchev–Trinajstić information content (AvgIpc) is 1.88. The summed E-state index contributed by atoms with van der Waals surface area (Å²) in [7, 11) is 0. The molecule has 0 unspecified atom stereocenters. The molecule has 0 aromatic carbocycles.